The average Bonchev–Trinajstić information content (AvgIpc) is 3.71. The third kappa shape index (κ3) is 4.39. The van der Waals surface area contributed by atoms with Gasteiger partial charge in [-0.2, -0.15) is 9.50 Å². The number of thiazole rings is 1. The van der Waals surface area contributed by atoms with Crippen LogP contribution >= 0.6 is 22.7 Å². The second-order valence-corrected chi connectivity index (χ2v) is 10.4. The molecule has 12 heteroatoms. The standard InChI is InChI=1S/C27H19N5O5S2/c1-2-37-26(36)15-9-11-16(12-10-15)28-20(33)14-31-18-7-4-3-6-17(18)21(24(31)34)22-25(35)32-27(39-22)29-23(30-32)19-8-5-13-38-19/h3-13H,2,14H2,1H3,(H,28,33)/b22-21-. The van der Waals surface area contributed by atoms with Crippen LogP contribution in [-0.4, -0.2) is 45.5 Å². The molecule has 0 spiro atoms. The van der Waals surface area contributed by atoms with Gasteiger partial charge in [0.15, 0.2) is 5.82 Å². The molecule has 10 nitrogen and oxygen atoms in total. The van der Waals surface area contributed by atoms with Gasteiger partial charge >= 0.3 is 5.97 Å². The Morgan fingerprint density at radius 2 is 1.82 bits per heavy atom. The summed E-state index contributed by atoms with van der Waals surface area (Å²) in [6, 6.07) is 17.1. The summed E-state index contributed by atoms with van der Waals surface area (Å²) in [5.41, 5.74) is 1.71. The maximum absolute atomic E-state index is 13.6. The molecule has 2 aromatic carbocycles. The molecule has 0 atom stereocenters. The zero-order chi connectivity index (χ0) is 27.1. The van der Waals surface area contributed by atoms with Crippen molar-refractivity contribution in [3.63, 3.8) is 0 Å². The number of thiophene rings is 1. The molecule has 0 unspecified atom stereocenters. The number of hydrogen-bond donors (Lipinski definition) is 1. The summed E-state index contributed by atoms with van der Waals surface area (Å²) in [4.78, 5) is 58.8. The lowest BCUT2D eigenvalue weighted by molar-refractivity contribution is -0.118. The van der Waals surface area contributed by atoms with E-state index in [9.17, 15) is 19.2 Å². The fourth-order valence-corrected chi connectivity index (χ4v) is 5.95. The topological polar surface area (TPSA) is 123 Å². The molecule has 0 saturated heterocycles. The van der Waals surface area contributed by atoms with E-state index < -0.39 is 23.3 Å². The Bertz CT molecular complexity index is 1860. The molecule has 0 saturated carbocycles. The number of nitrogens with zero attached hydrogens (tertiary/aromatic N) is 4. The van der Waals surface area contributed by atoms with E-state index in [0.717, 1.165) is 16.2 Å². The van der Waals surface area contributed by atoms with Gasteiger partial charge in [-0.15, -0.1) is 16.4 Å². The first-order valence-electron chi connectivity index (χ1n) is 11.9. The molecule has 1 N–H and O–H groups in total. The number of carbonyl (C=O) groups excluding carboxylic acids is 3. The van der Waals surface area contributed by atoms with Crippen molar-refractivity contribution in [1.82, 2.24) is 14.6 Å². The highest BCUT2D eigenvalue weighted by Gasteiger charge is 2.35. The zero-order valence-corrected chi connectivity index (χ0v) is 22.0. The molecular formula is C27H19N5O5S2. The van der Waals surface area contributed by atoms with Crippen LogP contribution in [-0.2, 0) is 14.3 Å². The second-order valence-electron chi connectivity index (χ2n) is 8.47. The van der Waals surface area contributed by atoms with E-state index in [1.165, 1.54) is 20.8 Å². The van der Waals surface area contributed by atoms with Crippen molar-refractivity contribution >= 4 is 62.4 Å². The summed E-state index contributed by atoms with van der Waals surface area (Å²) in [7, 11) is 0. The van der Waals surface area contributed by atoms with Crippen molar-refractivity contribution in [2.75, 3.05) is 23.4 Å². The van der Waals surface area contributed by atoms with Gasteiger partial charge in [-0.3, -0.25) is 19.3 Å². The van der Waals surface area contributed by atoms with Gasteiger partial charge in [0.05, 0.1) is 28.3 Å². The summed E-state index contributed by atoms with van der Waals surface area (Å²) in [5.74, 6) is -0.885. The number of aromatic nitrogens is 3. The van der Waals surface area contributed by atoms with Crippen LogP contribution in [0.15, 0.2) is 70.8 Å². The Hall–Kier alpha value is -4.68. The van der Waals surface area contributed by atoms with Gasteiger partial charge in [0, 0.05) is 11.3 Å². The van der Waals surface area contributed by atoms with Gasteiger partial charge in [0.2, 0.25) is 10.9 Å². The number of nitrogens with one attached hydrogen (secondary N) is 1. The number of amides is 2. The smallest absolute Gasteiger partial charge is 0.338 e. The number of hydrogen-bond acceptors (Lipinski definition) is 9. The highest BCUT2D eigenvalue weighted by atomic mass is 32.1. The van der Waals surface area contributed by atoms with E-state index in [1.54, 1.807) is 55.5 Å². The van der Waals surface area contributed by atoms with Crippen molar-refractivity contribution in [1.29, 1.82) is 0 Å². The molecule has 0 aliphatic carbocycles. The lowest BCUT2D eigenvalue weighted by Crippen LogP contribution is -2.37. The molecule has 194 valence electrons. The first kappa shape index (κ1) is 24.6. The van der Waals surface area contributed by atoms with Gasteiger partial charge in [-0.25, -0.2) is 4.79 Å². The number of fused-ring (bicyclic) bond motifs is 2. The number of esters is 1. The van der Waals surface area contributed by atoms with E-state index in [1.807, 2.05) is 17.5 Å². The summed E-state index contributed by atoms with van der Waals surface area (Å²) < 4.78 is 6.41. The van der Waals surface area contributed by atoms with Crippen molar-refractivity contribution in [3.8, 4) is 10.7 Å². The van der Waals surface area contributed by atoms with E-state index in [4.69, 9.17) is 4.74 Å². The molecule has 1 aliphatic rings. The average molecular weight is 558 g/mol. The second kappa shape index (κ2) is 9.89. The molecule has 0 bridgehead atoms. The number of rotatable bonds is 6. The van der Waals surface area contributed by atoms with Crippen LogP contribution in [0.4, 0.5) is 11.4 Å². The van der Waals surface area contributed by atoms with Crippen LogP contribution in [0, 0.1) is 0 Å². The van der Waals surface area contributed by atoms with Crippen molar-refractivity contribution in [2.45, 2.75) is 6.92 Å². The van der Waals surface area contributed by atoms with E-state index in [2.05, 4.69) is 15.4 Å². The Balaban J connectivity index is 1.29. The molecule has 3 aromatic heterocycles. The third-order valence-corrected chi connectivity index (χ3v) is 7.93. The van der Waals surface area contributed by atoms with Crippen molar-refractivity contribution in [3.05, 3.63) is 92.1 Å². The van der Waals surface area contributed by atoms with Crippen LogP contribution in [0.5, 0.6) is 0 Å². The predicted molar refractivity (Wildman–Crippen MR) is 148 cm³/mol. The fraction of sp³-hybridized carbons (Fsp3) is 0.111. The highest BCUT2D eigenvalue weighted by molar-refractivity contribution is 7.15. The lowest BCUT2D eigenvalue weighted by Gasteiger charge is -2.16. The number of benzene rings is 2. The first-order valence-corrected chi connectivity index (χ1v) is 13.6. The van der Waals surface area contributed by atoms with Crippen LogP contribution in [0.1, 0.15) is 22.8 Å². The number of carbonyl (C=O) groups is 3. The highest BCUT2D eigenvalue weighted by Crippen LogP contribution is 2.35. The van der Waals surface area contributed by atoms with Crippen LogP contribution in [0.2, 0.25) is 0 Å². The Morgan fingerprint density at radius 1 is 1.03 bits per heavy atom. The third-order valence-electron chi connectivity index (χ3n) is 6.03. The Kier molecular flexibility index (Phi) is 6.25. The summed E-state index contributed by atoms with van der Waals surface area (Å²) in [6.45, 7) is 1.72. The quantitative estimate of drug-likeness (QED) is 0.319. The number of ether oxygens (including phenoxy) is 1. The monoisotopic (exact) mass is 557 g/mol. The largest absolute Gasteiger partial charge is 0.462 e. The summed E-state index contributed by atoms with van der Waals surface area (Å²) in [5, 5.41) is 9.00. The maximum atomic E-state index is 13.6. The Morgan fingerprint density at radius 3 is 2.54 bits per heavy atom. The maximum Gasteiger partial charge on any atom is 0.338 e. The summed E-state index contributed by atoms with van der Waals surface area (Å²) in [6.07, 6.45) is 0. The summed E-state index contributed by atoms with van der Waals surface area (Å²) >= 11 is 2.57. The molecule has 0 fully saturated rings. The van der Waals surface area contributed by atoms with Gasteiger partial charge in [0.1, 0.15) is 11.1 Å². The van der Waals surface area contributed by atoms with Crippen LogP contribution < -0.4 is 20.3 Å². The number of para-hydroxylation sites is 1. The van der Waals surface area contributed by atoms with Crippen LogP contribution in [0.3, 0.4) is 0 Å². The van der Waals surface area contributed by atoms with Gasteiger partial charge in [0.25, 0.3) is 11.5 Å². The molecular weight excluding hydrogens is 538 g/mol. The Labute approximate surface area is 228 Å². The predicted octanol–water partition coefficient (Wildman–Crippen LogP) is 2.96. The van der Waals surface area contributed by atoms with Gasteiger partial charge in [-0.1, -0.05) is 35.6 Å². The lowest BCUT2D eigenvalue weighted by atomic mass is 10.1. The minimum Gasteiger partial charge on any atom is -0.462 e. The molecule has 4 heterocycles. The minimum absolute atomic E-state index is 0.220. The molecule has 0 radical (unpaired) electrons. The first-order chi connectivity index (χ1) is 18.9. The molecule has 5 aromatic rings. The van der Waals surface area contributed by atoms with Gasteiger partial charge < -0.3 is 10.1 Å². The molecule has 6 rings (SSSR count). The van der Waals surface area contributed by atoms with E-state index >= 15 is 0 Å². The van der Waals surface area contributed by atoms with E-state index in [0.29, 0.717) is 33.3 Å². The molecule has 39 heavy (non-hydrogen) atoms. The zero-order valence-electron chi connectivity index (χ0n) is 20.4. The minimum atomic E-state index is -0.455. The van der Waals surface area contributed by atoms with Crippen molar-refractivity contribution in [2.24, 2.45) is 0 Å². The molecule has 1 aliphatic heterocycles. The fourth-order valence-electron chi connectivity index (χ4n) is 4.30. The van der Waals surface area contributed by atoms with E-state index in [-0.39, 0.29) is 23.3 Å². The van der Waals surface area contributed by atoms with Crippen LogP contribution in [0.25, 0.3) is 21.2 Å². The van der Waals surface area contributed by atoms with Crippen molar-refractivity contribution < 1.29 is 19.1 Å². The number of anilines is 2. The molecule has 2 amide bonds. The SMILES string of the molecule is CCOC(=O)c1ccc(NC(=O)CN2C(=O)/C(=c3\sc4nc(-c5cccs5)nn4c3=O)c3ccccc32)cc1. The van der Waals surface area contributed by atoms with Gasteiger partial charge in [-0.05, 0) is 48.7 Å². The normalized spacial score (nSPS) is 14.1.